The fourth-order valence-electron chi connectivity index (χ4n) is 1.99. The largest absolute Gasteiger partial charge is 0.686 e. The van der Waals surface area contributed by atoms with E-state index in [0.717, 1.165) is 12.0 Å². The lowest BCUT2D eigenvalue weighted by molar-refractivity contribution is -0.190. The van der Waals surface area contributed by atoms with Crippen molar-refractivity contribution >= 4 is 24.6 Å². The van der Waals surface area contributed by atoms with Crippen molar-refractivity contribution in [3.05, 3.63) is 35.9 Å². The molecule has 1 aliphatic rings. The van der Waals surface area contributed by atoms with Crippen molar-refractivity contribution in [2.75, 3.05) is 6.54 Å². The first-order valence-electron chi connectivity index (χ1n) is 5.95. The summed E-state index contributed by atoms with van der Waals surface area (Å²) in [6.45, 7) is 1.03. The molecule has 1 fully saturated rings. The summed E-state index contributed by atoms with van der Waals surface area (Å²) in [6, 6.07) is 9.13. The first-order chi connectivity index (χ1) is 9.16. The van der Waals surface area contributed by atoms with Crippen molar-refractivity contribution < 1.29 is 18.7 Å². The van der Waals surface area contributed by atoms with Gasteiger partial charge in [0.1, 0.15) is 6.04 Å². The van der Waals surface area contributed by atoms with Crippen LogP contribution >= 0.6 is 18.6 Å². The average Bonchev–Trinajstić information content (AvgIpc) is 2.85. The molecule has 1 unspecified atom stereocenters. The molecular formula is C12H14ClNO4P+. The number of rotatable bonds is 5. The SMILES string of the molecule is O=C(O[P+](=O)Cl)[C@@H]1CCCN1OCc1ccccc1. The zero-order valence-electron chi connectivity index (χ0n) is 10.2. The Labute approximate surface area is 117 Å². The van der Waals surface area contributed by atoms with Crippen LogP contribution in [-0.4, -0.2) is 23.6 Å². The number of benzene rings is 1. The third-order valence-corrected chi connectivity index (χ3v) is 3.41. The van der Waals surface area contributed by atoms with Gasteiger partial charge in [-0.3, -0.25) is 4.84 Å². The summed E-state index contributed by atoms with van der Waals surface area (Å²) < 4.78 is 15.2. The summed E-state index contributed by atoms with van der Waals surface area (Å²) in [7, 11) is -2.44. The van der Waals surface area contributed by atoms with Gasteiger partial charge in [0.2, 0.25) is 0 Å². The quantitative estimate of drug-likeness (QED) is 0.783. The van der Waals surface area contributed by atoms with Gasteiger partial charge in [-0.05, 0) is 18.4 Å². The normalized spacial score (nSPS) is 20.3. The molecule has 1 aliphatic heterocycles. The maximum absolute atomic E-state index is 11.7. The molecule has 7 heteroatoms. The van der Waals surface area contributed by atoms with Gasteiger partial charge in [-0.15, -0.1) is 0 Å². The molecule has 2 atom stereocenters. The second kappa shape index (κ2) is 6.96. The van der Waals surface area contributed by atoms with E-state index in [4.69, 9.17) is 16.1 Å². The van der Waals surface area contributed by atoms with Crippen LogP contribution in [0.15, 0.2) is 30.3 Å². The van der Waals surface area contributed by atoms with E-state index in [1.807, 2.05) is 30.3 Å². The van der Waals surface area contributed by atoms with Crippen molar-refractivity contribution in [2.45, 2.75) is 25.5 Å². The highest BCUT2D eigenvalue weighted by molar-refractivity contribution is 7.70. The van der Waals surface area contributed by atoms with Gasteiger partial charge < -0.3 is 0 Å². The summed E-state index contributed by atoms with van der Waals surface area (Å²) >= 11 is 5.18. The molecule has 1 aromatic rings. The molecule has 0 aliphatic carbocycles. The predicted octanol–water partition coefficient (Wildman–Crippen LogP) is 3.02. The highest BCUT2D eigenvalue weighted by Gasteiger charge is 2.37. The second-order valence-corrected chi connectivity index (χ2v) is 5.62. The summed E-state index contributed by atoms with van der Waals surface area (Å²) in [4.78, 5) is 17.3. The maximum atomic E-state index is 11.7. The lowest BCUT2D eigenvalue weighted by atomic mass is 10.2. The number of carbonyl (C=O) groups is 1. The van der Waals surface area contributed by atoms with Crippen LogP contribution < -0.4 is 0 Å². The minimum absolute atomic E-state index is 0.387. The van der Waals surface area contributed by atoms with Crippen LogP contribution in [0.2, 0.25) is 0 Å². The monoisotopic (exact) mass is 302 g/mol. The fourth-order valence-corrected chi connectivity index (χ4v) is 2.46. The molecule has 2 rings (SSSR count). The Morgan fingerprint density at radius 3 is 2.84 bits per heavy atom. The Morgan fingerprint density at radius 1 is 1.42 bits per heavy atom. The summed E-state index contributed by atoms with van der Waals surface area (Å²) in [5.41, 5.74) is 1.02. The van der Waals surface area contributed by atoms with Crippen molar-refractivity contribution in [2.24, 2.45) is 0 Å². The van der Waals surface area contributed by atoms with E-state index >= 15 is 0 Å². The van der Waals surface area contributed by atoms with Gasteiger partial charge in [0.25, 0.3) is 11.2 Å². The fraction of sp³-hybridized carbons (Fsp3) is 0.417. The molecule has 0 spiro atoms. The number of hydroxylamine groups is 2. The van der Waals surface area contributed by atoms with Crippen molar-refractivity contribution in [3.63, 3.8) is 0 Å². The lowest BCUT2D eigenvalue weighted by Crippen LogP contribution is -2.36. The van der Waals surface area contributed by atoms with Crippen molar-refractivity contribution in [3.8, 4) is 0 Å². The van der Waals surface area contributed by atoms with Crippen molar-refractivity contribution in [1.82, 2.24) is 5.06 Å². The summed E-state index contributed by atoms with van der Waals surface area (Å²) in [6.07, 6.45) is 1.45. The minimum atomic E-state index is -2.44. The van der Waals surface area contributed by atoms with E-state index in [1.54, 1.807) is 5.06 Å². The molecule has 1 heterocycles. The molecule has 19 heavy (non-hydrogen) atoms. The number of carbonyl (C=O) groups excluding carboxylic acids is 1. The highest BCUT2D eigenvalue weighted by Crippen LogP contribution is 2.31. The van der Waals surface area contributed by atoms with Gasteiger partial charge >= 0.3 is 13.3 Å². The molecule has 0 amide bonds. The van der Waals surface area contributed by atoms with Gasteiger partial charge in [-0.25, -0.2) is 4.79 Å². The van der Waals surface area contributed by atoms with E-state index < -0.39 is 19.4 Å². The van der Waals surface area contributed by atoms with Crippen LogP contribution in [0.4, 0.5) is 0 Å². The molecule has 0 aromatic heterocycles. The summed E-state index contributed by atoms with van der Waals surface area (Å²) in [5.74, 6) is -0.596. The molecule has 0 N–H and O–H groups in total. The Kier molecular flexibility index (Phi) is 5.28. The van der Waals surface area contributed by atoms with Gasteiger partial charge in [0.15, 0.2) is 0 Å². The van der Waals surface area contributed by atoms with Crippen molar-refractivity contribution in [1.29, 1.82) is 0 Å². The molecule has 5 nitrogen and oxygen atoms in total. The zero-order valence-corrected chi connectivity index (χ0v) is 11.8. The highest BCUT2D eigenvalue weighted by atomic mass is 35.7. The maximum Gasteiger partial charge on any atom is 0.686 e. The van der Waals surface area contributed by atoms with Crippen LogP contribution in [0.3, 0.4) is 0 Å². The van der Waals surface area contributed by atoms with E-state index in [2.05, 4.69) is 4.52 Å². The molecule has 102 valence electrons. The third kappa shape index (κ3) is 4.25. The molecule has 0 radical (unpaired) electrons. The van der Waals surface area contributed by atoms with Gasteiger partial charge in [-0.1, -0.05) is 30.3 Å². The Balaban J connectivity index is 1.88. The molecule has 1 aromatic carbocycles. The Morgan fingerprint density at radius 2 is 2.16 bits per heavy atom. The second-order valence-electron chi connectivity index (χ2n) is 4.18. The first-order valence-corrected chi connectivity index (χ1v) is 8.03. The van der Waals surface area contributed by atoms with Gasteiger partial charge in [0, 0.05) is 11.1 Å². The first kappa shape index (κ1) is 14.4. The molecule has 1 saturated heterocycles. The molecule has 0 bridgehead atoms. The topological polar surface area (TPSA) is 55.8 Å². The van der Waals surface area contributed by atoms with Crippen LogP contribution in [0.1, 0.15) is 18.4 Å². The van der Waals surface area contributed by atoms with Gasteiger partial charge in [0.05, 0.1) is 6.61 Å². The number of hydrogen-bond donors (Lipinski definition) is 0. The Bertz CT molecular complexity index is 456. The van der Waals surface area contributed by atoms with Crippen LogP contribution in [-0.2, 0) is 25.3 Å². The minimum Gasteiger partial charge on any atom is -0.293 e. The van der Waals surface area contributed by atoms with E-state index in [1.165, 1.54) is 0 Å². The number of nitrogens with zero attached hydrogens (tertiary/aromatic N) is 1. The predicted molar refractivity (Wildman–Crippen MR) is 70.5 cm³/mol. The number of halogens is 1. The Hall–Kier alpha value is -1.00. The molecule has 0 saturated carbocycles. The van der Waals surface area contributed by atoms with E-state index in [-0.39, 0.29) is 0 Å². The van der Waals surface area contributed by atoms with E-state index in [0.29, 0.717) is 19.6 Å². The summed E-state index contributed by atoms with van der Waals surface area (Å²) in [5, 5.41) is 1.57. The standard InChI is InChI=1S/C12H14ClNO4P/c13-19(16)18-12(15)11-7-4-8-14(11)17-9-10-5-2-1-3-6-10/h1-3,5-6,11H,4,7-9H2/q+1/t11-/m0/s1. The number of hydrogen-bond acceptors (Lipinski definition) is 5. The smallest absolute Gasteiger partial charge is 0.293 e. The van der Waals surface area contributed by atoms with Crippen LogP contribution in [0.25, 0.3) is 0 Å². The van der Waals surface area contributed by atoms with Crippen LogP contribution in [0.5, 0.6) is 0 Å². The third-order valence-electron chi connectivity index (χ3n) is 2.88. The van der Waals surface area contributed by atoms with Crippen LogP contribution in [0, 0.1) is 0 Å². The van der Waals surface area contributed by atoms with Gasteiger partial charge in [-0.2, -0.15) is 9.59 Å². The average molecular weight is 303 g/mol. The van der Waals surface area contributed by atoms with E-state index in [9.17, 15) is 9.36 Å². The lowest BCUT2D eigenvalue weighted by Gasteiger charge is -2.20. The molecular weight excluding hydrogens is 289 g/mol. The zero-order chi connectivity index (χ0) is 13.7.